The smallest absolute Gasteiger partial charge is 0.136 e. The van der Waals surface area contributed by atoms with Gasteiger partial charge in [0.15, 0.2) is 0 Å². The number of hydrogen-bond acceptors (Lipinski definition) is 4. The van der Waals surface area contributed by atoms with Crippen LogP contribution in [0.1, 0.15) is 37.7 Å². The highest BCUT2D eigenvalue weighted by molar-refractivity contribution is 5.65. The molecule has 6 heteroatoms. The molecule has 1 atom stereocenters. The van der Waals surface area contributed by atoms with Gasteiger partial charge in [-0.05, 0) is 56.5 Å². The molecule has 1 aliphatic rings. The van der Waals surface area contributed by atoms with Crippen molar-refractivity contribution in [2.24, 2.45) is 0 Å². The number of aromatic nitrogens is 2. The maximum Gasteiger partial charge on any atom is 0.136 e. The van der Waals surface area contributed by atoms with E-state index in [1.165, 1.54) is 19.6 Å². The van der Waals surface area contributed by atoms with Crippen LogP contribution in [0, 0.1) is 5.82 Å². The number of piperidine rings is 1. The van der Waals surface area contributed by atoms with Crippen molar-refractivity contribution in [2.75, 3.05) is 20.3 Å². The van der Waals surface area contributed by atoms with Gasteiger partial charge in [0, 0.05) is 42.6 Å². The molecular weight excluding hydrogens is 393 g/mol. The van der Waals surface area contributed by atoms with Crippen LogP contribution in [0.4, 0.5) is 4.39 Å². The SMILES string of the molecule is COc1ccc(-c2nn(-c3ccccc3)cc2CN2CCCC[C@H]2CCCO)c(F)c1. The summed E-state index contributed by atoms with van der Waals surface area (Å²) >= 11 is 0. The molecule has 164 valence electrons. The molecule has 2 aromatic carbocycles. The van der Waals surface area contributed by atoms with Gasteiger partial charge in [-0.15, -0.1) is 0 Å². The largest absolute Gasteiger partial charge is 0.497 e. The lowest BCUT2D eigenvalue weighted by molar-refractivity contribution is 0.124. The predicted octanol–water partition coefficient (Wildman–Crippen LogP) is 4.81. The summed E-state index contributed by atoms with van der Waals surface area (Å²) in [6, 6.07) is 15.3. The van der Waals surface area contributed by atoms with Gasteiger partial charge in [-0.25, -0.2) is 9.07 Å². The zero-order chi connectivity index (χ0) is 21.6. The fourth-order valence-corrected chi connectivity index (χ4v) is 4.42. The highest BCUT2D eigenvalue weighted by Gasteiger charge is 2.25. The average Bonchev–Trinajstić information content (AvgIpc) is 3.22. The molecule has 1 fully saturated rings. The molecule has 0 spiro atoms. The average molecular weight is 424 g/mol. The molecule has 2 heterocycles. The normalized spacial score (nSPS) is 17.1. The summed E-state index contributed by atoms with van der Waals surface area (Å²) in [5.74, 6) is 0.153. The van der Waals surface area contributed by atoms with Gasteiger partial charge in [0.05, 0.1) is 12.8 Å². The third kappa shape index (κ3) is 4.97. The molecular formula is C25H30FN3O2. The number of methoxy groups -OCH3 is 1. The molecule has 0 bridgehead atoms. The van der Waals surface area contributed by atoms with E-state index in [0.29, 0.717) is 29.6 Å². The van der Waals surface area contributed by atoms with Gasteiger partial charge < -0.3 is 9.84 Å². The van der Waals surface area contributed by atoms with Crippen molar-refractivity contribution >= 4 is 0 Å². The van der Waals surface area contributed by atoms with Crippen LogP contribution in [0.25, 0.3) is 16.9 Å². The minimum Gasteiger partial charge on any atom is -0.497 e. The molecule has 1 aromatic heterocycles. The van der Waals surface area contributed by atoms with Crippen molar-refractivity contribution in [3.05, 3.63) is 66.1 Å². The fraction of sp³-hybridized carbons (Fsp3) is 0.400. The fourth-order valence-electron chi connectivity index (χ4n) is 4.42. The zero-order valence-electron chi connectivity index (χ0n) is 18.0. The van der Waals surface area contributed by atoms with Gasteiger partial charge in [-0.1, -0.05) is 24.6 Å². The van der Waals surface area contributed by atoms with Crippen molar-refractivity contribution in [1.82, 2.24) is 14.7 Å². The van der Waals surface area contributed by atoms with E-state index in [2.05, 4.69) is 4.90 Å². The van der Waals surface area contributed by atoms with E-state index in [1.807, 2.05) is 41.2 Å². The summed E-state index contributed by atoms with van der Waals surface area (Å²) in [6.45, 7) is 1.94. The Morgan fingerprint density at radius 2 is 2.00 bits per heavy atom. The lowest BCUT2D eigenvalue weighted by Crippen LogP contribution is -2.39. The van der Waals surface area contributed by atoms with E-state index in [9.17, 15) is 9.50 Å². The van der Waals surface area contributed by atoms with Crippen LogP contribution in [0.3, 0.4) is 0 Å². The molecule has 0 amide bonds. The van der Waals surface area contributed by atoms with Gasteiger partial charge in [0.2, 0.25) is 0 Å². The lowest BCUT2D eigenvalue weighted by Gasteiger charge is -2.35. The van der Waals surface area contributed by atoms with E-state index in [4.69, 9.17) is 9.84 Å². The van der Waals surface area contributed by atoms with Crippen LogP contribution in [0.15, 0.2) is 54.7 Å². The summed E-state index contributed by atoms with van der Waals surface area (Å²) in [7, 11) is 1.53. The molecule has 3 aromatic rings. The number of benzene rings is 2. The van der Waals surface area contributed by atoms with Crippen LogP contribution >= 0.6 is 0 Å². The first kappa shape index (κ1) is 21.5. The molecule has 1 N–H and O–H groups in total. The number of likely N-dealkylation sites (tertiary alicyclic amines) is 1. The van der Waals surface area contributed by atoms with Gasteiger partial charge in [-0.3, -0.25) is 4.90 Å². The molecule has 4 rings (SSSR count). The van der Waals surface area contributed by atoms with E-state index in [1.54, 1.807) is 12.1 Å². The number of aliphatic hydroxyl groups excluding tert-OH is 1. The van der Waals surface area contributed by atoms with Crippen LogP contribution < -0.4 is 4.74 Å². The van der Waals surface area contributed by atoms with Crippen molar-refractivity contribution in [3.63, 3.8) is 0 Å². The van der Waals surface area contributed by atoms with Crippen molar-refractivity contribution in [1.29, 1.82) is 0 Å². The monoisotopic (exact) mass is 423 g/mol. The van der Waals surface area contributed by atoms with Gasteiger partial charge in [0.1, 0.15) is 17.3 Å². The third-order valence-electron chi connectivity index (χ3n) is 6.06. The standard InChI is InChI=1S/C25H30FN3O2/c1-31-22-12-13-23(24(26)16-22)25-19(18-29(27-25)21-9-3-2-4-10-21)17-28-14-6-5-8-20(28)11-7-15-30/h2-4,9-10,12-13,16,18,20,30H,5-8,11,14-15,17H2,1H3/t20-/m0/s1. The molecule has 5 nitrogen and oxygen atoms in total. The Morgan fingerprint density at radius 3 is 2.74 bits per heavy atom. The first-order chi connectivity index (χ1) is 15.2. The first-order valence-corrected chi connectivity index (χ1v) is 11.0. The second-order valence-corrected chi connectivity index (χ2v) is 8.11. The van der Waals surface area contributed by atoms with Gasteiger partial charge in [-0.2, -0.15) is 5.10 Å². The Kier molecular flexibility index (Phi) is 6.99. The zero-order valence-corrected chi connectivity index (χ0v) is 18.0. The van der Waals surface area contributed by atoms with Crippen LogP contribution in [-0.2, 0) is 6.54 Å². The van der Waals surface area contributed by atoms with Crippen molar-refractivity contribution < 1.29 is 14.2 Å². The minimum absolute atomic E-state index is 0.221. The third-order valence-corrected chi connectivity index (χ3v) is 6.06. The Hall–Kier alpha value is -2.70. The second-order valence-electron chi connectivity index (χ2n) is 8.11. The van der Waals surface area contributed by atoms with Crippen LogP contribution in [-0.4, -0.2) is 46.1 Å². The number of para-hydroxylation sites is 1. The highest BCUT2D eigenvalue weighted by atomic mass is 19.1. The summed E-state index contributed by atoms with van der Waals surface area (Å²) in [5.41, 5.74) is 3.09. The quantitative estimate of drug-likeness (QED) is 0.565. The number of aliphatic hydroxyl groups is 1. The summed E-state index contributed by atoms with van der Waals surface area (Å²) in [5, 5.41) is 14.1. The number of halogens is 1. The van der Waals surface area contributed by atoms with Crippen molar-refractivity contribution in [2.45, 2.75) is 44.7 Å². The Labute approximate surface area is 183 Å². The number of ether oxygens (including phenoxy) is 1. The highest BCUT2D eigenvalue weighted by Crippen LogP contribution is 2.31. The maximum atomic E-state index is 15.0. The van der Waals surface area contributed by atoms with Crippen LogP contribution in [0.5, 0.6) is 5.75 Å². The van der Waals surface area contributed by atoms with Crippen LogP contribution in [0.2, 0.25) is 0 Å². The van der Waals surface area contributed by atoms with E-state index < -0.39 is 0 Å². The molecule has 0 unspecified atom stereocenters. The Bertz CT molecular complexity index is 990. The molecule has 1 saturated heterocycles. The summed E-state index contributed by atoms with van der Waals surface area (Å²) < 4.78 is 22.0. The molecule has 31 heavy (non-hydrogen) atoms. The minimum atomic E-state index is -0.339. The maximum absolute atomic E-state index is 15.0. The number of hydrogen-bond donors (Lipinski definition) is 1. The van der Waals surface area contributed by atoms with Crippen molar-refractivity contribution in [3.8, 4) is 22.7 Å². The van der Waals surface area contributed by atoms with Gasteiger partial charge in [0.25, 0.3) is 0 Å². The summed E-state index contributed by atoms with van der Waals surface area (Å²) in [4.78, 5) is 2.47. The lowest BCUT2D eigenvalue weighted by atomic mass is 9.97. The molecule has 0 radical (unpaired) electrons. The number of rotatable bonds is 8. The molecule has 1 aliphatic heterocycles. The van der Waals surface area contributed by atoms with E-state index in [-0.39, 0.29) is 12.4 Å². The topological polar surface area (TPSA) is 50.5 Å². The van der Waals surface area contributed by atoms with E-state index in [0.717, 1.165) is 43.5 Å². The number of nitrogens with zero attached hydrogens (tertiary/aromatic N) is 3. The summed E-state index contributed by atoms with van der Waals surface area (Å²) in [6.07, 6.45) is 7.33. The molecule has 0 saturated carbocycles. The molecule has 0 aliphatic carbocycles. The van der Waals surface area contributed by atoms with E-state index >= 15 is 0 Å². The Balaban J connectivity index is 1.71. The second kappa shape index (κ2) is 10.1. The predicted molar refractivity (Wildman–Crippen MR) is 120 cm³/mol. The van der Waals surface area contributed by atoms with Gasteiger partial charge >= 0.3 is 0 Å². The Morgan fingerprint density at radius 1 is 1.16 bits per heavy atom. The first-order valence-electron chi connectivity index (χ1n) is 11.0.